The first kappa shape index (κ1) is 15.8. The van der Waals surface area contributed by atoms with Gasteiger partial charge in [0.05, 0.1) is 11.5 Å². The first-order valence-electron chi connectivity index (χ1n) is 8.04. The summed E-state index contributed by atoms with van der Waals surface area (Å²) in [6.45, 7) is 3.10. The maximum atomic E-state index is 11.8. The lowest BCUT2D eigenvalue weighted by Crippen LogP contribution is -2.44. The number of aliphatic hydroxyl groups is 1. The molecule has 1 aliphatic heterocycles. The van der Waals surface area contributed by atoms with Crippen LogP contribution in [0.4, 0.5) is 0 Å². The average Bonchev–Trinajstić information content (AvgIpc) is 2.84. The Hall–Kier alpha value is -2.73. The van der Waals surface area contributed by atoms with Gasteiger partial charge in [0.1, 0.15) is 5.75 Å². The van der Waals surface area contributed by atoms with E-state index >= 15 is 0 Å². The number of aromatic hydroxyl groups is 3. The van der Waals surface area contributed by atoms with E-state index in [1.54, 1.807) is 19.1 Å². The average molecular weight is 342 g/mol. The summed E-state index contributed by atoms with van der Waals surface area (Å²) in [7, 11) is 0. The second kappa shape index (κ2) is 4.89. The zero-order valence-electron chi connectivity index (χ0n) is 13.8. The molecule has 0 fully saturated rings. The van der Waals surface area contributed by atoms with Gasteiger partial charge in [0, 0.05) is 6.42 Å². The van der Waals surface area contributed by atoms with Crippen LogP contribution < -0.4 is 4.74 Å². The Morgan fingerprint density at radius 2 is 1.92 bits per heavy atom. The number of phenols is 3. The highest BCUT2D eigenvalue weighted by atomic mass is 16.6. The number of ketones is 1. The molecule has 4 N–H and O–H groups in total. The molecule has 2 aromatic rings. The predicted molar refractivity (Wildman–Crippen MR) is 88.3 cm³/mol. The van der Waals surface area contributed by atoms with Crippen LogP contribution >= 0.6 is 0 Å². The molecule has 4 rings (SSSR count). The number of Topliss-reactive ketones (excluding diaryl/α,β-unsaturated/α-hetero) is 1. The number of fused-ring (bicyclic) bond motifs is 4. The molecule has 0 spiro atoms. The maximum absolute atomic E-state index is 11.8. The van der Waals surface area contributed by atoms with Gasteiger partial charge in [0.25, 0.3) is 0 Å². The zero-order valence-corrected chi connectivity index (χ0v) is 13.8. The normalized spacial score (nSPS) is 23.4. The number of phenolic OH excluding ortho intramolecular Hbond substituents is 3. The van der Waals surface area contributed by atoms with Crippen molar-refractivity contribution in [2.75, 3.05) is 0 Å². The molecule has 0 saturated heterocycles. The summed E-state index contributed by atoms with van der Waals surface area (Å²) < 4.78 is 5.71. The Kier molecular flexibility index (Phi) is 3.09. The summed E-state index contributed by atoms with van der Waals surface area (Å²) in [5.41, 5.74) is 2.94. The van der Waals surface area contributed by atoms with Crippen LogP contribution in [0.1, 0.15) is 45.5 Å². The molecule has 25 heavy (non-hydrogen) atoms. The van der Waals surface area contributed by atoms with Gasteiger partial charge in [0.15, 0.2) is 17.3 Å². The predicted octanol–water partition coefficient (Wildman–Crippen LogP) is 2.28. The van der Waals surface area contributed by atoms with E-state index in [-0.39, 0.29) is 35.0 Å². The van der Waals surface area contributed by atoms with Gasteiger partial charge in [-0.25, -0.2) is 0 Å². The topological polar surface area (TPSA) is 107 Å². The Morgan fingerprint density at radius 3 is 2.60 bits per heavy atom. The van der Waals surface area contributed by atoms with Crippen molar-refractivity contribution in [3.8, 4) is 23.0 Å². The molecule has 0 saturated carbocycles. The van der Waals surface area contributed by atoms with Crippen molar-refractivity contribution < 1.29 is 30.0 Å². The van der Waals surface area contributed by atoms with Crippen LogP contribution in [0, 0.1) is 6.92 Å². The quantitative estimate of drug-likeness (QED) is 0.468. The molecule has 0 aromatic heterocycles. The lowest BCUT2D eigenvalue weighted by atomic mass is 9.84. The van der Waals surface area contributed by atoms with Crippen LogP contribution in [0.2, 0.25) is 0 Å². The Balaban J connectivity index is 1.88. The molecule has 2 aromatic carbocycles. The molecule has 6 heteroatoms. The van der Waals surface area contributed by atoms with Gasteiger partial charge in [0.2, 0.25) is 11.5 Å². The zero-order chi connectivity index (χ0) is 18.1. The van der Waals surface area contributed by atoms with Crippen molar-refractivity contribution >= 4 is 5.78 Å². The van der Waals surface area contributed by atoms with Crippen molar-refractivity contribution in [3.05, 3.63) is 46.0 Å². The molecule has 130 valence electrons. The van der Waals surface area contributed by atoms with E-state index in [1.165, 1.54) is 13.0 Å². The minimum atomic E-state index is -1.60. The molecule has 1 aliphatic carbocycles. The van der Waals surface area contributed by atoms with E-state index < -0.39 is 17.5 Å². The number of ether oxygens (including phenoxy) is 1. The van der Waals surface area contributed by atoms with Crippen molar-refractivity contribution in [2.45, 2.75) is 38.4 Å². The van der Waals surface area contributed by atoms with E-state index in [0.29, 0.717) is 17.5 Å². The summed E-state index contributed by atoms with van der Waals surface area (Å²) in [6.07, 6.45) is 0.509. The van der Waals surface area contributed by atoms with Crippen molar-refractivity contribution in [3.63, 3.8) is 0 Å². The van der Waals surface area contributed by atoms with Gasteiger partial charge in [-0.05, 0) is 54.7 Å². The molecule has 2 aliphatic rings. The number of hydrogen-bond acceptors (Lipinski definition) is 6. The van der Waals surface area contributed by atoms with E-state index in [4.69, 9.17) is 4.74 Å². The van der Waals surface area contributed by atoms with E-state index in [0.717, 1.165) is 11.1 Å². The molecule has 6 nitrogen and oxygen atoms in total. The van der Waals surface area contributed by atoms with Gasteiger partial charge in [-0.1, -0.05) is 6.07 Å². The van der Waals surface area contributed by atoms with Gasteiger partial charge in [-0.3, -0.25) is 4.79 Å². The summed E-state index contributed by atoms with van der Waals surface area (Å²) in [4.78, 5) is 11.8. The van der Waals surface area contributed by atoms with Crippen LogP contribution in [0.15, 0.2) is 18.2 Å². The highest BCUT2D eigenvalue weighted by Gasteiger charge is 2.52. The van der Waals surface area contributed by atoms with Crippen LogP contribution in [0.5, 0.6) is 23.0 Å². The highest BCUT2D eigenvalue weighted by molar-refractivity contribution is 5.97. The first-order chi connectivity index (χ1) is 11.7. The molecule has 1 heterocycles. The number of carbonyl (C=O) groups excluding carboxylic acids is 1. The second-order valence-corrected chi connectivity index (χ2v) is 6.83. The molecule has 2 atom stereocenters. The fourth-order valence-corrected chi connectivity index (χ4v) is 4.05. The summed E-state index contributed by atoms with van der Waals surface area (Å²) >= 11 is 0. The van der Waals surface area contributed by atoms with Crippen molar-refractivity contribution in [1.29, 1.82) is 0 Å². The third-order valence-corrected chi connectivity index (χ3v) is 5.29. The van der Waals surface area contributed by atoms with Gasteiger partial charge >= 0.3 is 0 Å². The Bertz CT molecular complexity index is 932. The fourth-order valence-electron chi connectivity index (χ4n) is 4.05. The molecule has 0 radical (unpaired) electrons. The molecule has 0 amide bonds. The summed E-state index contributed by atoms with van der Waals surface area (Å²) in [5, 5.41) is 41.1. The highest BCUT2D eigenvalue weighted by Crippen LogP contribution is 2.54. The smallest absolute Gasteiger partial charge is 0.219 e. The van der Waals surface area contributed by atoms with Crippen LogP contribution in [0.25, 0.3) is 0 Å². The molecular weight excluding hydrogens is 324 g/mol. The standard InChI is InChI=1S/C19H18O6/c1-8-15-11(5-12(9(2)20)16(8)22)7-19(24)13(15)6-10-3-4-14(21)17(23)18(10)25-19/h3-5,13,21-24H,6-7H2,1-2H3. The lowest BCUT2D eigenvalue weighted by Gasteiger charge is -2.37. The molecular formula is C19H18O6. The number of rotatable bonds is 1. The van der Waals surface area contributed by atoms with E-state index in [1.807, 2.05) is 0 Å². The Labute approximate surface area is 143 Å². The van der Waals surface area contributed by atoms with Gasteiger partial charge < -0.3 is 25.2 Å². The monoisotopic (exact) mass is 342 g/mol. The summed E-state index contributed by atoms with van der Waals surface area (Å²) in [5.74, 6) is -3.01. The molecule has 0 bridgehead atoms. The van der Waals surface area contributed by atoms with Crippen molar-refractivity contribution in [1.82, 2.24) is 0 Å². The molecule has 2 unspecified atom stereocenters. The van der Waals surface area contributed by atoms with Crippen molar-refractivity contribution in [2.24, 2.45) is 0 Å². The number of hydrogen-bond donors (Lipinski definition) is 4. The largest absolute Gasteiger partial charge is 0.507 e. The minimum Gasteiger partial charge on any atom is -0.507 e. The number of carbonyl (C=O) groups is 1. The van der Waals surface area contributed by atoms with Gasteiger partial charge in [-0.2, -0.15) is 0 Å². The lowest BCUT2D eigenvalue weighted by molar-refractivity contribution is -0.156. The Morgan fingerprint density at radius 1 is 1.20 bits per heavy atom. The van der Waals surface area contributed by atoms with E-state index in [2.05, 4.69) is 0 Å². The fraction of sp³-hybridized carbons (Fsp3) is 0.316. The van der Waals surface area contributed by atoms with Crippen LogP contribution in [-0.2, 0) is 12.8 Å². The minimum absolute atomic E-state index is 0.0697. The maximum Gasteiger partial charge on any atom is 0.219 e. The van der Waals surface area contributed by atoms with Crippen LogP contribution in [0.3, 0.4) is 0 Å². The summed E-state index contributed by atoms with van der Waals surface area (Å²) in [6, 6.07) is 4.61. The second-order valence-electron chi connectivity index (χ2n) is 6.83. The van der Waals surface area contributed by atoms with E-state index in [9.17, 15) is 25.2 Å². The SMILES string of the molecule is CC(=O)c1cc2c(c(C)c1O)C1Cc3ccc(O)c(O)c3OC1(O)C2. The third-order valence-electron chi connectivity index (χ3n) is 5.29. The van der Waals surface area contributed by atoms with Crippen LogP contribution in [-0.4, -0.2) is 32.0 Å². The third kappa shape index (κ3) is 2.04. The first-order valence-corrected chi connectivity index (χ1v) is 8.04. The number of benzene rings is 2. The van der Waals surface area contributed by atoms with Gasteiger partial charge in [-0.15, -0.1) is 0 Å².